The second-order valence-electron chi connectivity index (χ2n) is 8.37. The van der Waals surface area contributed by atoms with Crippen LogP contribution in [0.25, 0.3) is 0 Å². The molecule has 0 bridgehead atoms. The van der Waals surface area contributed by atoms with Crippen molar-refractivity contribution in [2.75, 3.05) is 37.6 Å². The molecule has 0 atom stereocenters. The average molecular weight is 479 g/mol. The number of pyridine rings is 1. The first-order valence-corrected chi connectivity index (χ1v) is 11.6. The van der Waals surface area contributed by atoms with Gasteiger partial charge in [-0.1, -0.05) is 47.5 Å². The number of aryl methyl sites for hydroxylation is 1. The Hall–Kier alpha value is -3.58. The number of nitrogens with zero attached hydrogens (tertiary/aromatic N) is 3. The molecular formula is C26H27ClN4O3. The fraction of sp³-hybridized carbons (Fsp3) is 0.269. The molecule has 0 aliphatic carbocycles. The summed E-state index contributed by atoms with van der Waals surface area (Å²) in [5, 5.41) is 3.29. The number of piperazine rings is 1. The Morgan fingerprint density at radius 3 is 2.47 bits per heavy atom. The monoisotopic (exact) mass is 478 g/mol. The summed E-state index contributed by atoms with van der Waals surface area (Å²) >= 11 is 6.08. The van der Waals surface area contributed by atoms with Gasteiger partial charge in [0.05, 0.1) is 13.1 Å². The molecule has 0 spiro atoms. The van der Waals surface area contributed by atoms with Crippen LogP contribution in [0.2, 0.25) is 5.02 Å². The van der Waals surface area contributed by atoms with Crippen molar-refractivity contribution in [1.82, 2.24) is 14.8 Å². The Kier molecular flexibility index (Phi) is 7.33. The summed E-state index contributed by atoms with van der Waals surface area (Å²) in [6, 6.07) is 18.7. The molecular weight excluding hydrogens is 452 g/mol. The highest BCUT2D eigenvalue weighted by molar-refractivity contribution is 6.30. The van der Waals surface area contributed by atoms with Crippen LogP contribution in [-0.4, -0.2) is 54.0 Å². The van der Waals surface area contributed by atoms with Gasteiger partial charge in [-0.15, -0.1) is 0 Å². The SMILES string of the molecule is Cc1cccc(Cn2cccc(C(=O)NCC(=O)N3CCN(c4cccc(Cl)c4)CC3)c2=O)c1. The van der Waals surface area contributed by atoms with Crippen LogP contribution in [0.3, 0.4) is 0 Å². The Balaban J connectivity index is 1.32. The van der Waals surface area contributed by atoms with E-state index in [0.29, 0.717) is 37.7 Å². The summed E-state index contributed by atoms with van der Waals surface area (Å²) in [4.78, 5) is 42.0. The predicted octanol–water partition coefficient (Wildman–Crippen LogP) is 2.94. The van der Waals surface area contributed by atoms with Crippen molar-refractivity contribution in [3.05, 3.63) is 98.9 Å². The van der Waals surface area contributed by atoms with Gasteiger partial charge in [0.25, 0.3) is 11.5 Å². The van der Waals surface area contributed by atoms with Gasteiger partial charge in [-0.25, -0.2) is 0 Å². The quantitative estimate of drug-likeness (QED) is 0.591. The van der Waals surface area contributed by atoms with Crippen molar-refractivity contribution in [2.45, 2.75) is 13.5 Å². The Morgan fingerprint density at radius 2 is 1.74 bits per heavy atom. The van der Waals surface area contributed by atoms with Crippen LogP contribution in [0.15, 0.2) is 71.7 Å². The number of carbonyl (C=O) groups is 2. The van der Waals surface area contributed by atoms with Gasteiger partial charge in [0.15, 0.2) is 0 Å². The van der Waals surface area contributed by atoms with Gasteiger partial charge in [0.2, 0.25) is 5.91 Å². The minimum Gasteiger partial charge on any atom is -0.368 e. The molecule has 7 nitrogen and oxygen atoms in total. The minimum atomic E-state index is -0.547. The minimum absolute atomic E-state index is 0.0220. The third-order valence-electron chi connectivity index (χ3n) is 5.91. The van der Waals surface area contributed by atoms with E-state index in [4.69, 9.17) is 11.6 Å². The molecule has 2 aromatic carbocycles. The third kappa shape index (κ3) is 5.66. The number of halogens is 1. The van der Waals surface area contributed by atoms with Crippen LogP contribution in [0, 0.1) is 6.92 Å². The molecule has 1 saturated heterocycles. The summed E-state index contributed by atoms with van der Waals surface area (Å²) in [5.74, 6) is -0.718. The van der Waals surface area contributed by atoms with Gasteiger partial charge in [-0.3, -0.25) is 14.4 Å². The van der Waals surface area contributed by atoms with E-state index in [1.165, 1.54) is 10.6 Å². The van der Waals surface area contributed by atoms with Crippen molar-refractivity contribution in [2.24, 2.45) is 0 Å². The molecule has 0 unspecified atom stereocenters. The lowest BCUT2D eigenvalue weighted by molar-refractivity contribution is -0.130. The zero-order chi connectivity index (χ0) is 24.1. The lowest BCUT2D eigenvalue weighted by atomic mass is 10.1. The van der Waals surface area contributed by atoms with E-state index < -0.39 is 5.91 Å². The number of hydrogen-bond donors (Lipinski definition) is 1. The molecule has 0 radical (unpaired) electrons. The molecule has 1 fully saturated rings. The van der Waals surface area contributed by atoms with Gasteiger partial charge in [0.1, 0.15) is 5.56 Å². The molecule has 1 aliphatic rings. The van der Waals surface area contributed by atoms with Crippen LogP contribution in [0.5, 0.6) is 0 Å². The number of amides is 2. The highest BCUT2D eigenvalue weighted by atomic mass is 35.5. The Bertz CT molecular complexity index is 1250. The average Bonchev–Trinajstić information content (AvgIpc) is 2.84. The van der Waals surface area contributed by atoms with Crippen molar-refractivity contribution in [3.63, 3.8) is 0 Å². The van der Waals surface area contributed by atoms with E-state index in [-0.39, 0.29) is 23.6 Å². The fourth-order valence-electron chi connectivity index (χ4n) is 4.09. The molecule has 34 heavy (non-hydrogen) atoms. The van der Waals surface area contributed by atoms with Crippen molar-refractivity contribution in [1.29, 1.82) is 0 Å². The van der Waals surface area contributed by atoms with Gasteiger partial charge in [-0.05, 0) is 42.8 Å². The molecule has 0 saturated carbocycles. The molecule has 4 rings (SSSR count). The molecule has 8 heteroatoms. The maximum atomic E-state index is 12.8. The zero-order valence-electron chi connectivity index (χ0n) is 19.0. The van der Waals surface area contributed by atoms with E-state index in [9.17, 15) is 14.4 Å². The summed E-state index contributed by atoms with van der Waals surface area (Å²) in [6.07, 6.45) is 1.66. The number of aromatic nitrogens is 1. The zero-order valence-corrected chi connectivity index (χ0v) is 19.8. The summed E-state index contributed by atoms with van der Waals surface area (Å²) in [5.41, 5.74) is 2.75. The molecule has 1 aromatic heterocycles. The van der Waals surface area contributed by atoms with E-state index in [0.717, 1.165) is 16.8 Å². The van der Waals surface area contributed by atoms with E-state index in [2.05, 4.69) is 10.2 Å². The van der Waals surface area contributed by atoms with Gasteiger partial charge in [-0.2, -0.15) is 0 Å². The van der Waals surface area contributed by atoms with E-state index in [1.54, 1.807) is 17.2 Å². The topological polar surface area (TPSA) is 74.7 Å². The highest BCUT2D eigenvalue weighted by Gasteiger charge is 2.22. The first kappa shape index (κ1) is 23.6. The van der Waals surface area contributed by atoms with Crippen LogP contribution < -0.4 is 15.8 Å². The molecule has 1 N–H and O–H groups in total. The smallest absolute Gasteiger partial charge is 0.263 e. The molecule has 1 aliphatic heterocycles. The maximum Gasteiger partial charge on any atom is 0.263 e. The number of rotatable bonds is 6. The second-order valence-corrected chi connectivity index (χ2v) is 8.81. The summed E-state index contributed by atoms with van der Waals surface area (Å²) < 4.78 is 1.50. The first-order chi connectivity index (χ1) is 16.4. The van der Waals surface area contributed by atoms with Crippen LogP contribution in [0.4, 0.5) is 5.69 Å². The largest absolute Gasteiger partial charge is 0.368 e. The third-order valence-corrected chi connectivity index (χ3v) is 6.14. The number of nitrogens with one attached hydrogen (secondary N) is 1. The van der Waals surface area contributed by atoms with Crippen LogP contribution in [-0.2, 0) is 11.3 Å². The van der Waals surface area contributed by atoms with Crippen molar-refractivity contribution < 1.29 is 9.59 Å². The van der Waals surface area contributed by atoms with Crippen LogP contribution in [0.1, 0.15) is 21.5 Å². The fourth-order valence-corrected chi connectivity index (χ4v) is 4.28. The van der Waals surface area contributed by atoms with Crippen molar-refractivity contribution in [3.8, 4) is 0 Å². The predicted molar refractivity (Wildman–Crippen MR) is 134 cm³/mol. The molecule has 2 amide bonds. The normalized spacial score (nSPS) is 13.6. The summed E-state index contributed by atoms with van der Waals surface area (Å²) in [6.45, 7) is 4.68. The van der Waals surface area contributed by atoms with Gasteiger partial charge >= 0.3 is 0 Å². The second kappa shape index (κ2) is 10.6. The van der Waals surface area contributed by atoms with Crippen LogP contribution >= 0.6 is 11.6 Å². The van der Waals surface area contributed by atoms with Crippen molar-refractivity contribution >= 4 is 29.1 Å². The highest BCUT2D eigenvalue weighted by Crippen LogP contribution is 2.20. The number of carbonyl (C=O) groups excluding carboxylic acids is 2. The van der Waals surface area contributed by atoms with E-state index in [1.807, 2.05) is 55.5 Å². The Morgan fingerprint density at radius 1 is 0.971 bits per heavy atom. The number of anilines is 1. The summed E-state index contributed by atoms with van der Waals surface area (Å²) in [7, 11) is 0. The molecule has 3 aromatic rings. The maximum absolute atomic E-state index is 12.8. The van der Waals surface area contributed by atoms with E-state index >= 15 is 0 Å². The first-order valence-electron chi connectivity index (χ1n) is 11.2. The standard InChI is InChI=1S/C26H27ClN4O3/c1-19-5-2-6-20(15-19)18-31-10-4-9-23(26(31)34)25(33)28-17-24(32)30-13-11-29(12-14-30)22-8-3-7-21(27)16-22/h2-10,15-16H,11-14,17-18H2,1H3,(H,28,33). The molecule has 176 valence electrons. The lowest BCUT2D eigenvalue weighted by Crippen LogP contribution is -2.51. The van der Waals surface area contributed by atoms with Gasteiger partial charge in [0, 0.05) is 43.1 Å². The number of benzene rings is 2. The lowest BCUT2D eigenvalue weighted by Gasteiger charge is -2.36. The van der Waals surface area contributed by atoms with Gasteiger partial charge < -0.3 is 19.7 Å². The molecule has 2 heterocycles. The number of hydrogen-bond acceptors (Lipinski definition) is 4. The Labute approximate surface area is 203 Å².